The standard InChI is InChI=1S/C27H28N2O2S/c1-18(19-10-3-2-4-11-19)28-26(30)24-21-14-7-8-15-22(21)27(31)29(20-12-5-6-13-20)25(24)23-16-9-17-32-23/h2-4,7-11,14-18,20,24-25H,5-6,12-13H2,1H3,(H,28,30). The molecule has 3 atom stereocenters. The number of benzene rings is 2. The summed E-state index contributed by atoms with van der Waals surface area (Å²) in [4.78, 5) is 30.7. The number of nitrogens with one attached hydrogen (secondary N) is 1. The fourth-order valence-corrected chi connectivity index (χ4v) is 6.17. The molecule has 4 nitrogen and oxygen atoms in total. The van der Waals surface area contributed by atoms with Crippen molar-refractivity contribution in [3.05, 3.63) is 93.7 Å². The van der Waals surface area contributed by atoms with Crippen LogP contribution in [0.2, 0.25) is 0 Å². The Morgan fingerprint density at radius 3 is 2.44 bits per heavy atom. The Balaban J connectivity index is 1.58. The predicted molar refractivity (Wildman–Crippen MR) is 128 cm³/mol. The van der Waals surface area contributed by atoms with Gasteiger partial charge >= 0.3 is 0 Å². The van der Waals surface area contributed by atoms with Crippen LogP contribution in [0.5, 0.6) is 0 Å². The van der Waals surface area contributed by atoms with Crippen LogP contribution in [0, 0.1) is 0 Å². The number of thiophene rings is 1. The van der Waals surface area contributed by atoms with E-state index in [0.717, 1.165) is 41.7 Å². The highest BCUT2D eigenvalue weighted by Gasteiger charge is 2.47. The SMILES string of the molecule is CC(NC(=O)C1c2ccccc2C(=O)N(C2CCCC2)C1c1cccs1)c1ccccc1. The van der Waals surface area contributed by atoms with Gasteiger partial charge in [-0.2, -0.15) is 0 Å². The van der Waals surface area contributed by atoms with Gasteiger partial charge in [0.05, 0.1) is 18.0 Å². The van der Waals surface area contributed by atoms with Gasteiger partial charge in [-0.3, -0.25) is 9.59 Å². The largest absolute Gasteiger partial charge is 0.349 e. The van der Waals surface area contributed by atoms with Crippen LogP contribution in [0.1, 0.15) is 77.0 Å². The molecule has 2 amide bonds. The van der Waals surface area contributed by atoms with Gasteiger partial charge in [0.1, 0.15) is 0 Å². The highest BCUT2D eigenvalue weighted by Crippen LogP contribution is 2.47. The number of hydrogen-bond acceptors (Lipinski definition) is 3. The molecule has 5 rings (SSSR count). The lowest BCUT2D eigenvalue weighted by molar-refractivity contribution is -0.125. The first-order valence-electron chi connectivity index (χ1n) is 11.5. The van der Waals surface area contributed by atoms with E-state index >= 15 is 0 Å². The van der Waals surface area contributed by atoms with Crippen LogP contribution in [0.4, 0.5) is 0 Å². The summed E-state index contributed by atoms with van der Waals surface area (Å²) in [6, 6.07) is 21.6. The Labute approximate surface area is 193 Å². The van der Waals surface area contributed by atoms with Gasteiger partial charge in [-0.25, -0.2) is 0 Å². The molecule has 2 aromatic carbocycles. The number of carbonyl (C=O) groups is 2. The van der Waals surface area contributed by atoms with E-state index in [1.165, 1.54) is 0 Å². The Bertz CT molecular complexity index is 1090. The maximum atomic E-state index is 13.9. The molecule has 5 heteroatoms. The number of nitrogens with zero attached hydrogens (tertiary/aromatic N) is 1. The summed E-state index contributed by atoms with van der Waals surface area (Å²) in [6.45, 7) is 2.02. The zero-order valence-electron chi connectivity index (χ0n) is 18.2. The van der Waals surface area contributed by atoms with Crippen LogP contribution in [0.3, 0.4) is 0 Å². The molecule has 3 aromatic rings. The highest BCUT2D eigenvalue weighted by atomic mass is 32.1. The van der Waals surface area contributed by atoms with Gasteiger partial charge in [-0.05, 0) is 48.4 Å². The van der Waals surface area contributed by atoms with Crippen molar-refractivity contribution in [3.63, 3.8) is 0 Å². The summed E-state index contributed by atoms with van der Waals surface area (Å²) in [5.74, 6) is -0.400. The Hall–Kier alpha value is -2.92. The van der Waals surface area contributed by atoms with Gasteiger partial charge in [0, 0.05) is 16.5 Å². The summed E-state index contributed by atoms with van der Waals surface area (Å²) >= 11 is 1.63. The molecular weight excluding hydrogens is 416 g/mol. The molecule has 2 aliphatic rings. The predicted octanol–water partition coefficient (Wildman–Crippen LogP) is 5.85. The third-order valence-corrected chi connectivity index (χ3v) is 7.81. The van der Waals surface area contributed by atoms with E-state index in [-0.39, 0.29) is 29.9 Å². The normalized spacial score (nSPS) is 21.9. The highest BCUT2D eigenvalue weighted by molar-refractivity contribution is 7.10. The van der Waals surface area contributed by atoms with Crippen LogP contribution in [-0.4, -0.2) is 22.8 Å². The van der Waals surface area contributed by atoms with Crippen molar-refractivity contribution in [2.45, 2.75) is 56.7 Å². The van der Waals surface area contributed by atoms with Gasteiger partial charge in [0.2, 0.25) is 5.91 Å². The van der Waals surface area contributed by atoms with Gasteiger partial charge in [-0.1, -0.05) is 67.4 Å². The average molecular weight is 445 g/mol. The van der Waals surface area contributed by atoms with Gasteiger partial charge in [0.15, 0.2) is 0 Å². The van der Waals surface area contributed by atoms with Crippen molar-refractivity contribution in [2.75, 3.05) is 0 Å². The van der Waals surface area contributed by atoms with Crippen LogP contribution in [0.15, 0.2) is 72.1 Å². The molecule has 1 aliphatic heterocycles. The lowest BCUT2D eigenvalue weighted by Crippen LogP contribution is -2.50. The van der Waals surface area contributed by atoms with Gasteiger partial charge in [0.25, 0.3) is 5.91 Å². The van der Waals surface area contributed by atoms with E-state index in [2.05, 4.69) is 11.4 Å². The van der Waals surface area contributed by atoms with Crippen molar-refractivity contribution in [1.29, 1.82) is 0 Å². The molecule has 1 saturated carbocycles. The molecule has 0 bridgehead atoms. The first-order chi connectivity index (χ1) is 15.6. The number of amides is 2. The first kappa shape index (κ1) is 21.0. The van der Waals surface area contributed by atoms with E-state index in [1.54, 1.807) is 11.3 Å². The van der Waals surface area contributed by atoms with E-state index in [1.807, 2.05) is 77.9 Å². The molecule has 0 spiro atoms. The fraction of sp³-hybridized carbons (Fsp3) is 0.333. The maximum absolute atomic E-state index is 13.9. The van der Waals surface area contributed by atoms with Crippen molar-refractivity contribution < 1.29 is 9.59 Å². The molecule has 1 aliphatic carbocycles. The van der Waals surface area contributed by atoms with Crippen LogP contribution < -0.4 is 5.32 Å². The fourth-order valence-electron chi connectivity index (χ4n) is 5.31. The Kier molecular flexibility index (Phi) is 5.83. The molecule has 0 radical (unpaired) electrons. The molecule has 2 heterocycles. The van der Waals surface area contributed by atoms with Gasteiger partial charge in [-0.15, -0.1) is 11.3 Å². The zero-order chi connectivity index (χ0) is 22.1. The average Bonchev–Trinajstić information content (AvgIpc) is 3.54. The lowest BCUT2D eigenvalue weighted by atomic mass is 9.80. The van der Waals surface area contributed by atoms with Crippen molar-refractivity contribution >= 4 is 23.2 Å². The second kappa shape index (κ2) is 8.91. The van der Waals surface area contributed by atoms with E-state index in [4.69, 9.17) is 0 Å². The topological polar surface area (TPSA) is 49.4 Å². The monoisotopic (exact) mass is 444 g/mol. The Morgan fingerprint density at radius 2 is 1.72 bits per heavy atom. The van der Waals surface area contributed by atoms with Crippen molar-refractivity contribution in [3.8, 4) is 0 Å². The van der Waals surface area contributed by atoms with Crippen LogP contribution in [-0.2, 0) is 4.79 Å². The van der Waals surface area contributed by atoms with Crippen LogP contribution >= 0.6 is 11.3 Å². The third kappa shape index (κ3) is 3.75. The molecule has 3 unspecified atom stereocenters. The molecular formula is C27H28N2O2S. The number of carbonyl (C=O) groups excluding carboxylic acids is 2. The van der Waals surface area contributed by atoms with Crippen molar-refractivity contribution in [2.24, 2.45) is 0 Å². The quantitative estimate of drug-likeness (QED) is 0.537. The van der Waals surface area contributed by atoms with Gasteiger partial charge < -0.3 is 10.2 Å². The molecule has 0 saturated heterocycles. The first-order valence-corrected chi connectivity index (χ1v) is 12.3. The second-order valence-corrected chi connectivity index (χ2v) is 9.80. The summed E-state index contributed by atoms with van der Waals surface area (Å²) < 4.78 is 0. The Morgan fingerprint density at radius 1 is 1.00 bits per heavy atom. The summed E-state index contributed by atoms with van der Waals surface area (Å²) in [6.07, 6.45) is 4.28. The number of rotatable bonds is 5. The minimum absolute atomic E-state index is 0.0253. The number of fused-ring (bicyclic) bond motifs is 1. The molecule has 1 aromatic heterocycles. The number of hydrogen-bond donors (Lipinski definition) is 1. The molecule has 32 heavy (non-hydrogen) atoms. The van der Waals surface area contributed by atoms with E-state index in [9.17, 15) is 9.59 Å². The minimum atomic E-state index is -0.436. The van der Waals surface area contributed by atoms with Crippen LogP contribution in [0.25, 0.3) is 0 Å². The molecule has 1 fully saturated rings. The zero-order valence-corrected chi connectivity index (χ0v) is 19.1. The summed E-state index contributed by atoms with van der Waals surface area (Å²) in [5.41, 5.74) is 2.57. The summed E-state index contributed by atoms with van der Waals surface area (Å²) in [7, 11) is 0. The van der Waals surface area contributed by atoms with Crippen molar-refractivity contribution in [1.82, 2.24) is 10.2 Å². The van der Waals surface area contributed by atoms with E-state index in [0.29, 0.717) is 5.56 Å². The molecule has 164 valence electrons. The minimum Gasteiger partial charge on any atom is -0.349 e. The molecule has 1 N–H and O–H groups in total. The van der Waals surface area contributed by atoms with E-state index < -0.39 is 5.92 Å². The lowest BCUT2D eigenvalue weighted by Gasteiger charge is -2.44. The summed E-state index contributed by atoms with van der Waals surface area (Å²) in [5, 5.41) is 5.29. The second-order valence-electron chi connectivity index (χ2n) is 8.82. The third-order valence-electron chi connectivity index (χ3n) is 6.87. The smallest absolute Gasteiger partial charge is 0.254 e. The maximum Gasteiger partial charge on any atom is 0.254 e.